The van der Waals surface area contributed by atoms with E-state index in [-0.39, 0.29) is 11.8 Å². The van der Waals surface area contributed by atoms with Crippen LogP contribution in [0, 0.1) is 5.41 Å². The van der Waals surface area contributed by atoms with E-state index in [2.05, 4.69) is 43.4 Å². The summed E-state index contributed by atoms with van der Waals surface area (Å²) in [4.78, 5) is 12.6. The minimum atomic E-state index is 0.0728. The minimum Gasteiger partial charge on any atom is -0.353 e. The first-order valence-corrected chi connectivity index (χ1v) is 7.93. The van der Waals surface area contributed by atoms with Crippen molar-refractivity contribution in [3.8, 4) is 0 Å². The summed E-state index contributed by atoms with van der Waals surface area (Å²) >= 11 is 0. The second-order valence-corrected chi connectivity index (χ2v) is 7.26. The number of aryl methyl sites for hydroxylation is 1. The van der Waals surface area contributed by atoms with Gasteiger partial charge in [-0.1, -0.05) is 38.1 Å². The lowest BCUT2D eigenvalue weighted by molar-refractivity contribution is -0.123. The van der Waals surface area contributed by atoms with Crippen molar-refractivity contribution in [2.75, 3.05) is 0 Å². The standard InChI is InChI=1S/C18H25NO/c1-18(2)11-10-14(12-18)19-17(20)16-9-5-7-13-6-3-4-8-15(13)16/h3-4,6,8,14,16H,5,7,9-12H2,1-2H3,(H,19,20). The Morgan fingerprint density at radius 3 is 2.80 bits per heavy atom. The predicted molar refractivity (Wildman–Crippen MR) is 81.7 cm³/mol. The van der Waals surface area contributed by atoms with Crippen molar-refractivity contribution < 1.29 is 4.79 Å². The molecule has 2 aliphatic carbocycles. The molecule has 0 heterocycles. The molecule has 0 spiro atoms. The molecule has 3 rings (SSSR count). The molecule has 1 N–H and O–H groups in total. The number of nitrogens with one attached hydrogen (secondary N) is 1. The maximum absolute atomic E-state index is 12.6. The Labute approximate surface area is 122 Å². The fourth-order valence-electron chi connectivity index (χ4n) is 3.89. The van der Waals surface area contributed by atoms with E-state index in [4.69, 9.17) is 0 Å². The van der Waals surface area contributed by atoms with Gasteiger partial charge in [-0.15, -0.1) is 0 Å². The van der Waals surface area contributed by atoms with Gasteiger partial charge in [-0.3, -0.25) is 4.79 Å². The highest BCUT2D eigenvalue weighted by Gasteiger charge is 2.34. The van der Waals surface area contributed by atoms with Crippen LogP contribution in [0.5, 0.6) is 0 Å². The zero-order chi connectivity index (χ0) is 14.2. The Hall–Kier alpha value is -1.31. The summed E-state index contributed by atoms with van der Waals surface area (Å²) in [5, 5.41) is 3.31. The van der Waals surface area contributed by atoms with E-state index in [0.717, 1.165) is 32.1 Å². The van der Waals surface area contributed by atoms with Crippen molar-refractivity contribution in [3.63, 3.8) is 0 Å². The lowest BCUT2D eigenvalue weighted by Crippen LogP contribution is -2.38. The molecule has 20 heavy (non-hydrogen) atoms. The second-order valence-electron chi connectivity index (χ2n) is 7.26. The van der Waals surface area contributed by atoms with Crippen LogP contribution in [0.15, 0.2) is 24.3 Å². The van der Waals surface area contributed by atoms with Gasteiger partial charge in [0.25, 0.3) is 0 Å². The van der Waals surface area contributed by atoms with Crippen LogP contribution in [0.25, 0.3) is 0 Å². The zero-order valence-corrected chi connectivity index (χ0v) is 12.6. The lowest BCUT2D eigenvalue weighted by Gasteiger charge is -2.26. The molecular formula is C18H25NO. The topological polar surface area (TPSA) is 29.1 Å². The molecule has 1 amide bonds. The van der Waals surface area contributed by atoms with Gasteiger partial charge >= 0.3 is 0 Å². The summed E-state index contributed by atoms with van der Waals surface area (Å²) in [6, 6.07) is 8.83. The lowest BCUT2D eigenvalue weighted by atomic mass is 9.82. The quantitative estimate of drug-likeness (QED) is 0.871. The van der Waals surface area contributed by atoms with Crippen molar-refractivity contribution in [1.82, 2.24) is 5.32 Å². The average molecular weight is 271 g/mol. The van der Waals surface area contributed by atoms with Gasteiger partial charge in [0.05, 0.1) is 5.92 Å². The fourth-order valence-corrected chi connectivity index (χ4v) is 3.89. The van der Waals surface area contributed by atoms with Gasteiger partial charge in [0.2, 0.25) is 5.91 Å². The van der Waals surface area contributed by atoms with Crippen LogP contribution < -0.4 is 5.32 Å². The number of amides is 1. The van der Waals surface area contributed by atoms with Gasteiger partial charge in [0.1, 0.15) is 0 Å². The second kappa shape index (κ2) is 5.23. The highest BCUT2D eigenvalue weighted by Crippen LogP contribution is 2.38. The van der Waals surface area contributed by atoms with E-state index in [1.54, 1.807) is 0 Å². The Morgan fingerprint density at radius 2 is 2.05 bits per heavy atom. The predicted octanol–water partition coefficient (Wildman–Crippen LogP) is 3.80. The fraction of sp³-hybridized carbons (Fsp3) is 0.611. The molecule has 0 saturated heterocycles. The first kappa shape index (κ1) is 13.7. The maximum Gasteiger partial charge on any atom is 0.227 e. The highest BCUT2D eigenvalue weighted by molar-refractivity contribution is 5.84. The zero-order valence-electron chi connectivity index (χ0n) is 12.6. The van der Waals surface area contributed by atoms with E-state index in [0.29, 0.717) is 11.5 Å². The van der Waals surface area contributed by atoms with Gasteiger partial charge in [-0.05, 0) is 55.1 Å². The van der Waals surface area contributed by atoms with E-state index in [1.165, 1.54) is 17.5 Å². The summed E-state index contributed by atoms with van der Waals surface area (Å²) in [6.45, 7) is 4.60. The van der Waals surface area contributed by atoms with Crippen molar-refractivity contribution in [2.45, 2.75) is 64.3 Å². The first-order chi connectivity index (χ1) is 9.55. The monoisotopic (exact) mass is 271 g/mol. The third kappa shape index (κ3) is 2.74. The molecule has 2 aliphatic rings. The van der Waals surface area contributed by atoms with Crippen LogP contribution in [0.2, 0.25) is 0 Å². The number of hydrogen-bond acceptors (Lipinski definition) is 1. The number of rotatable bonds is 2. The Morgan fingerprint density at radius 1 is 1.25 bits per heavy atom. The molecule has 108 valence electrons. The molecule has 0 radical (unpaired) electrons. The van der Waals surface area contributed by atoms with Crippen LogP contribution in [0.1, 0.15) is 63.0 Å². The summed E-state index contributed by atoms with van der Waals surface area (Å²) in [7, 11) is 0. The molecule has 0 aliphatic heterocycles. The van der Waals surface area contributed by atoms with E-state index in [1.807, 2.05) is 0 Å². The molecule has 2 heteroatoms. The van der Waals surface area contributed by atoms with E-state index >= 15 is 0 Å². The molecule has 2 unspecified atom stereocenters. The molecule has 2 nitrogen and oxygen atoms in total. The number of benzene rings is 1. The van der Waals surface area contributed by atoms with Crippen LogP contribution in [-0.4, -0.2) is 11.9 Å². The summed E-state index contributed by atoms with van der Waals surface area (Å²) < 4.78 is 0. The molecule has 2 atom stereocenters. The van der Waals surface area contributed by atoms with Crippen molar-refractivity contribution in [3.05, 3.63) is 35.4 Å². The molecular weight excluding hydrogens is 246 g/mol. The first-order valence-electron chi connectivity index (χ1n) is 7.93. The summed E-state index contributed by atoms with van der Waals surface area (Å²) in [6.07, 6.45) is 6.72. The molecule has 0 bridgehead atoms. The Balaban J connectivity index is 1.70. The van der Waals surface area contributed by atoms with E-state index < -0.39 is 0 Å². The van der Waals surface area contributed by atoms with Crippen molar-refractivity contribution in [1.29, 1.82) is 0 Å². The number of carbonyl (C=O) groups is 1. The molecule has 0 aromatic heterocycles. The molecule has 1 fully saturated rings. The van der Waals surface area contributed by atoms with Gasteiger partial charge in [-0.2, -0.15) is 0 Å². The Kier molecular flexibility index (Phi) is 3.57. The summed E-state index contributed by atoms with van der Waals surface area (Å²) in [5.41, 5.74) is 3.02. The third-order valence-corrected chi connectivity index (χ3v) is 5.00. The van der Waals surface area contributed by atoms with E-state index in [9.17, 15) is 4.79 Å². The smallest absolute Gasteiger partial charge is 0.227 e. The SMILES string of the molecule is CC1(C)CCC(NC(=O)C2CCCc3ccccc32)C1. The van der Waals surface area contributed by atoms with Gasteiger partial charge in [-0.25, -0.2) is 0 Å². The van der Waals surface area contributed by atoms with Gasteiger partial charge in [0.15, 0.2) is 0 Å². The van der Waals surface area contributed by atoms with Gasteiger partial charge < -0.3 is 5.32 Å². The molecule has 1 aromatic rings. The van der Waals surface area contributed by atoms with Crippen LogP contribution >= 0.6 is 0 Å². The van der Waals surface area contributed by atoms with Crippen LogP contribution in [0.3, 0.4) is 0 Å². The molecule has 1 saturated carbocycles. The minimum absolute atomic E-state index is 0.0728. The molecule has 1 aromatic carbocycles. The maximum atomic E-state index is 12.6. The average Bonchev–Trinajstić information content (AvgIpc) is 2.77. The third-order valence-electron chi connectivity index (χ3n) is 5.00. The van der Waals surface area contributed by atoms with Crippen molar-refractivity contribution >= 4 is 5.91 Å². The van der Waals surface area contributed by atoms with Crippen LogP contribution in [-0.2, 0) is 11.2 Å². The number of carbonyl (C=O) groups excluding carboxylic acids is 1. The van der Waals surface area contributed by atoms with Gasteiger partial charge in [0, 0.05) is 6.04 Å². The highest BCUT2D eigenvalue weighted by atomic mass is 16.1. The van der Waals surface area contributed by atoms with Crippen molar-refractivity contribution in [2.24, 2.45) is 5.41 Å². The normalized spacial score (nSPS) is 27.9. The largest absolute Gasteiger partial charge is 0.353 e. The Bertz CT molecular complexity index is 506. The number of fused-ring (bicyclic) bond motifs is 1. The van der Waals surface area contributed by atoms with Crippen LogP contribution in [0.4, 0.5) is 0 Å². The number of hydrogen-bond donors (Lipinski definition) is 1. The summed E-state index contributed by atoms with van der Waals surface area (Å²) in [5.74, 6) is 0.323.